The van der Waals surface area contributed by atoms with Crippen molar-refractivity contribution in [3.63, 3.8) is 0 Å². The largest absolute Gasteiger partial charge is 0.584 e. The Morgan fingerprint density at radius 2 is 0.821 bits per heavy atom. The van der Waals surface area contributed by atoms with Crippen molar-refractivity contribution in [1.29, 1.82) is 0 Å². The van der Waals surface area contributed by atoms with Gasteiger partial charge in [0.15, 0.2) is 0 Å². The summed E-state index contributed by atoms with van der Waals surface area (Å²) < 4.78 is 44.1. The summed E-state index contributed by atoms with van der Waals surface area (Å²) in [6, 6.07) is 21.3. The van der Waals surface area contributed by atoms with E-state index in [0.717, 1.165) is 6.07 Å². The van der Waals surface area contributed by atoms with E-state index in [9.17, 15) is 18.9 Å². The second kappa shape index (κ2) is 8.50. The second-order valence-electron chi connectivity index (χ2n) is 5.40. The maximum atomic E-state index is 12.1. The zero-order valence-electron chi connectivity index (χ0n) is 14.3. The summed E-state index contributed by atoms with van der Waals surface area (Å²) in [6.07, 6.45) is 0. The quantitative estimate of drug-likeness (QED) is 0.498. The van der Waals surface area contributed by atoms with Gasteiger partial charge in [0.2, 0.25) is 0 Å². The minimum atomic E-state index is -4.48. The highest BCUT2D eigenvalue weighted by Gasteiger charge is 2.27. The van der Waals surface area contributed by atoms with Crippen LogP contribution in [-0.4, -0.2) is 9.79 Å². The molecule has 10 heteroatoms. The topological polar surface area (TPSA) is 112 Å². The third-order valence-corrected chi connectivity index (χ3v) is 4.94. The molecule has 0 aliphatic carbocycles. The Hall–Kier alpha value is -2.76. The number of hydrogen-bond donors (Lipinski definition) is 2. The van der Waals surface area contributed by atoms with Gasteiger partial charge in [-0.2, -0.15) is 0 Å². The molecule has 0 bridgehead atoms. The zero-order valence-corrected chi connectivity index (χ0v) is 16.1. The Balaban J connectivity index is 1.68. The van der Waals surface area contributed by atoms with Crippen molar-refractivity contribution in [2.45, 2.75) is 0 Å². The first kappa shape index (κ1) is 20.0. The molecule has 2 unspecified atom stereocenters. The van der Waals surface area contributed by atoms with Gasteiger partial charge in [-0.1, -0.05) is 42.5 Å². The van der Waals surface area contributed by atoms with Gasteiger partial charge >= 0.3 is 15.6 Å². The van der Waals surface area contributed by atoms with E-state index in [1.54, 1.807) is 36.4 Å². The van der Waals surface area contributed by atoms with E-state index in [-0.39, 0.29) is 23.0 Å². The Labute approximate surface area is 161 Å². The molecule has 146 valence electrons. The molecule has 3 aromatic carbocycles. The van der Waals surface area contributed by atoms with Gasteiger partial charge < -0.3 is 18.1 Å². The van der Waals surface area contributed by atoms with Gasteiger partial charge in [0, 0.05) is 6.07 Å². The first-order valence-electron chi connectivity index (χ1n) is 7.95. The molecule has 0 fully saturated rings. The van der Waals surface area contributed by atoms with Crippen LogP contribution in [0.4, 0.5) is 0 Å². The van der Waals surface area contributed by atoms with Gasteiger partial charge in [-0.3, -0.25) is 9.79 Å². The van der Waals surface area contributed by atoms with E-state index in [0.29, 0.717) is 0 Å². The van der Waals surface area contributed by atoms with Gasteiger partial charge in [-0.25, -0.2) is 9.13 Å². The predicted octanol–water partition coefficient (Wildman–Crippen LogP) is 4.80. The van der Waals surface area contributed by atoms with E-state index in [1.165, 1.54) is 42.5 Å². The van der Waals surface area contributed by atoms with Crippen molar-refractivity contribution in [1.82, 2.24) is 0 Å². The van der Waals surface area contributed by atoms with Crippen molar-refractivity contribution in [3.05, 3.63) is 84.9 Å². The fourth-order valence-electron chi connectivity index (χ4n) is 2.12. The van der Waals surface area contributed by atoms with Crippen LogP contribution in [0, 0.1) is 0 Å². The fourth-order valence-corrected chi connectivity index (χ4v) is 3.73. The van der Waals surface area contributed by atoms with Gasteiger partial charge in [0.25, 0.3) is 0 Å². The Kier molecular flexibility index (Phi) is 6.07. The van der Waals surface area contributed by atoms with Crippen LogP contribution in [0.2, 0.25) is 0 Å². The molecule has 0 aliphatic rings. The molecule has 0 saturated carbocycles. The highest BCUT2D eigenvalue weighted by Crippen LogP contribution is 2.47. The molecule has 28 heavy (non-hydrogen) atoms. The molecule has 0 saturated heterocycles. The standard InChI is InChI=1S/C18H16O8P2/c19-27(20,23-15-8-3-1-4-9-15)25-17-12-7-13-18(14-17)26-28(21,22)24-16-10-5-2-6-11-16/h1-14H,(H,19,20)(H,21,22). The number of hydrogen-bond acceptors (Lipinski definition) is 6. The van der Waals surface area contributed by atoms with Crippen molar-refractivity contribution in [2.75, 3.05) is 0 Å². The first-order valence-corrected chi connectivity index (χ1v) is 10.9. The van der Waals surface area contributed by atoms with Gasteiger partial charge in [0.1, 0.15) is 23.0 Å². The summed E-state index contributed by atoms with van der Waals surface area (Å²) in [6.45, 7) is 0. The smallest absolute Gasteiger partial charge is 0.395 e. The van der Waals surface area contributed by atoms with Crippen molar-refractivity contribution < 1.29 is 37.0 Å². The van der Waals surface area contributed by atoms with E-state index >= 15 is 0 Å². The normalized spacial score (nSPS) is 14.9. The minimum Gasteiger partial charge on any atom is -0.395 e. The van der Waals surface area contributed by atoms with E-state index in [2.05, 4.69) is 0 Å². The van der Waals surface area contributed by atoms with Crippen LogP contribution in [0.1, 0.15) is 0 Å². The Morgan fingerprint density at radius 1 is 0.500 bits per heavy atom. The number of phosphoric ester groups is 2. The molecular weight excluding hydrogens is 406 g/mol. The lowest BCUT2D eigenvalue weighted by atomic mass is 10.3. The molecule has 0 aliphatic heterocycles. The first-order chi connectivity index (χ1) is 13.3. The Bertz CT molecular complexity index is 932. The molecule has 0 radical (unpaired) electrons. The SMILES string of the molecule is O=P(O)(Oc1ccccc1)Oc1cccc(OP(=O)(O)Oc2ccccc2)c1. The maximum Gasteiger partial charge on any atom is 0.584 e. The molecule has 2 atom stereocenters. The molecule has 3 aromatic rings. The summed E-state index contributed by atoms with van der Waals surface area (Å²) in [7, 11) is -8.96. The molecule has 0 heterocycles. The third kappa shape index (κ3) is 6.15. The zero-order chi connectivity index (χ0) is 20.0. The summed E-state index contributed by atoms with van der Waals surface area (Å²) in [5.41, 5.74) is 0. The van der Waals surface area contributed by atoms with Gasteiger partial charge in [-0.15, -0.1) is 0 Å². The van der Waals surface area contributed by atoms with Crippen LogP contribution in [0.15, 0.2) is 84.9 Å². The average Bonchev–Trinajstić information content (AvgIpc) is 2.62. The van der Waals surface area contributed by atoms with Crippen LogP contribution < -0.4 is 18.1 Å². The van der Waals surface area contributed by atoms with E-state index in [4.69, 9.17) is 18.1 Å². The molecule has 0 spiro atoms. The van der Waals surface area contributed by atoms with Crippen molar-refractivity contribution >= 4 is 15.6 Å². The minimum absolute atomic E-state index is 0.0982. The number of para-hydroxylation sites is 2. The molecular formula is C18H16O8P2. The van der Waals surface area contributed by atoms with Crippen LogP contribution >= 0.6 is 15.6 Å². The molecule has 0 aromatic heterocycles. The van der Waals surface area contributed by atoms with Gasteiger partial charge in [0.05, 0.1) is 0 Å². The summed E-state index contributed by atoms with van der Waals surface area (Å²) in [4.78, 5) is 19.8. The molecule has 2 N–H and O–H groups in total. The highest BCUT2D eigenvalue weighted by atomic mass is 31.2. The molecule has 0 amide bonds. The third-order valence-electron chi connectivity index (χ3n) is 3.17. The number of rotatable bonds is 8. The summed E-state index contributed by atoms with van der Waals surface area (Å²) >= 11 is 0. The lowest BCUT2D eigenvalue weighted by Gasteiger charge is -2.16. The van der Waals surface area contributed by atoms with Crippen molar-refractivity contribution in [2.24, 2.45) is 0 Å². The summed E-state index contributed by atoms with van der Waals surface area (Å²) in [5.74, 6) is 0.103. The van der Waals surface area contributed by atoms with Crippen LogP contribution in [-0.2, 0) is 9.13 Å². The monoisotopic (exact) mass is 422 g/mol. The summed E-state index contributed by atoms with van der Waals surface area (Å²) in [5, 5.41) is 0. The van der Waals surface area contributed by atoms with E-state index in [1.807, 2.05) is 0 Å². The lowest BCUT2D eigenvalue weighted by Crippen LogP contribution is -2.01. The average molecular weight is 422 g/mol. The van der Waals surface area contributed by atoms with Gasteiger partial charge in [-0.05, 0) is 36.4 Å². The van der Waals surface area contributed by atoms with Crippen LogP contribution in [0.3, 0.4) is 0 Å². The second-order valence-corrected chi connectivity index (χ2v) is 8.01. The van der Waals surface area contributed by atoms with Crippen LogP contribution in [0.5, 0.6) is 23.0 Å². The number of benzene rings is 3. The van der Waals surface area contributed by atoms with Crippen molar-refractivity contribution in [3.8, 4) is 23.0 Å². The number of phosphoric acid groups is 2. The highest BCUT2D eigenvalue weighted by molar-refractivity contribution is 7.48. The van der Waals surface area contributed by atoms with Crippen LogP contribution in [0.25, 0.3) is 0 Å². The maximum absolute atomic E-state index is 12.1. The Morgan fingerprint density at radius 3 is 1.21 bits per heavy atom. The lowest BCUT2D eigenvalue weighted by molar-refractivity contribution is 0.288. The van der Waals surface area contributed by atoms with E-state index < -0.39 is 15.6 Å². The predicted molar refractivity (Wildman–Crippen MR) is 101 cm³/mol. The molecule has 8 nitrogen and oxygen atoms in total. The molecule has 3 rings (SSSR count). The fraction of sp³-hybridized carbons (Fsp3) is 0.